The summed E-state index contributed by atoms with van der Waals surface area (Å²) in [6.07, 6.45) is 0. The number of nitrogens with zero attached hydrogens (tertiary/aromatic N) is 1. The van der Waals surface area contributed by atoms with E-state index in [2.05, 4.69) is 21.1 Å². The Morgan fingerprint density at radius 2 is 1.94 bits per heavy atom. The van der Waals surface area contributed by atoms with Gasteiger partial charge in [-0.25, -0.2) is 4.79 Å². The van der Waals surface area contributed by atoms with Crippen LogP contribution >= 0.6 is 0 Å². The molecule has 0 aliphatic carbocycles. The lowest BCUT2D eigenvalue weighted by Gasteiger charge is -2.23. The molecular weight excluding hydrogens is 226 g/mol. The maximum atomic E-state index is 11.5. The standard InChI is InChI=1S/C12H18NO2.ClH/c1-5-15-12(14)10-7-6-8-11(9-10)13(2,3)4;/h6-9H,5H2,1-4H3;1H/q+1;/p-1. The zero-order valence-corrected chi connectivity index (χ0v) is 10.9. The summed E-state index contributed by atoms with van der Waals surface area (Å²) >= 11 is 0. The van der Waals surface area contributed by atoms with Gasteiger partial charge in [0.2, 0.25) is 0 Å². The number of quaternary nitrogens is 1. The Bertz CT molecular complexity index is 358. The van der Waals surface area contributed by atoms with Gasteiger partial charge in [-0.05, 0) is 19.1 Å². The van der Waals surface area contributed by atoms with E-state index >= 15 is 0 Å². The third-order valence-corrected chi connectivity index (χ3v) is 2.13. The van der Waals surface area contributed by atoms with E-state index in [9.17, 15) is 4.79 Å². The van der Waals surface area contributed by atoms with Gasteiger partial charge >= 0.3 is 5.97 Å². The summed E-state index contributed by atoms with van der Waals surface area (Å²) in [5.41, 5.74) is 1.70. The molecule has 1 rings (SSSR count). The van der Waals surface area contributed by atoms with Gasteiger partial charge in [0.1, 0.15) is 5.69 Å². The molecule has 0 saturated carbocycles. The summed E-state index contributed by atoms with van der Waals surface area (Å²) in [6, 6.07) is 7.53. The van der Waals surface area contributed by atoms with E-state index in [4.69, 9.17) is 4.74 Å². The highest BCUT2D eigenvalue weighted by atomic mass is 35.5. The topological polar surface area (TPSA) is 26.3 Å². The molecule has 0 fully saturated rings. The number of carbonyl (C=O) groups is 1. The fourth-order valence-electron chi connectivity index (χ4n) is 1.26. The van der Waals surface area contributed by atoms with Crippen molar-refractivity contribution in [2.75, 3.05) is 27.7 Å². The number of esters is 1. The van der Waals surface area contributed by atoms with Gasteiger partial charge in [0.15, 0.2) is 0 Å². The molecule has 16 heavy (non-hydrogen) atoms. The van der Waals surface area contributed by atoms with Crippen LogP contribution in [0.3, 0.4) is 0 Å². The van der Waals surface area contributed by atoms with Gasteiger partial charge in [-0.15, -0.1) is 0 Å². The van der Waals surface area contributed by atoms with Crippen molar-refractivity contribution in [3.63, 3.8) is 0 Å². The fourth-order valence-corrected chi connectivity index (χ4v) is 1.26. The van der Waals surface area contributed by atoms with Crippen LogP contribution in [-0.4, -0.2) is 33.7 Å². The lowest BCUT2D eigenvalue weighted by molar-refractivity contribution is -0.0000215. The minimum absolute atomic E-state index is 0. The van der Waals surface area contributed by atoms with Gasteiger partial charge in [0.05, 0.1) is 33.3 Å². The third kappa shape index (κ3) is 3.83. The predicted molar refractivity (Wildman–Crippen MR) is 62.0 cm³/mol. The Morgan fingerprint density at radius 1 is 1.31 bits per heavy atom. The molecule has 0 atom stereocenters. The molecule has 0 amide bonds. The summed E-state index contributed by atoms with van der Waals surface area (Å²) < 4.78 is 5.64. The molecular formula is C12H18ClNO2. The van der Waals surface area contributed by atoms with Crippen LogP contribution in [0, 0.1) is 0 Å². The Balaban J connectivity index is 0.00000225. The monoisotopic (exact) mass is 243 g/mol. The Morgan fingerprint density at radius 3 is 2.44 bits per heavy atom. The third-order valence-electron chi connectivity index (χ3n) is 2.13. The zero-order chi connectivity index (χ0) is 11.5. The molecule has 0 aromatic heterocycles. The number of hydrogen-bond acceptors (Lipinski definition) is 2. The predicted octanol–water partition coefficient (Wildman–Crippen LogP) is -0.936. The van der Waals surface area contributed by atoms with Crippen molar-refractivity contribution in [3.8, 4) is 0 Å². The molecule has 0 bridgehead atoms. The molecule has 0 saturated heterocycles. The van der Waals surface area contributed by atoms with Crippen LogP contribution in [-0.2, 0) is 4.74 Å². The van der Waals surface area contributed by atoms with Gasteiger partial charge < -0.3 is 17.1 Å². The zero-order valence-electron chi connectivity index (χ0n) is 10.2. The van der Waals surface area contributed by atoms with Crippen molar-refractivity contribution in [2.24, 2.45) is 0 Å². The largest absolute Gasteiger partial charge is 1.00 e. The molecule has 3 nitrogen and oxygen atoms in total. The highest BCUT2D eigenvalue weighted by Crippen LogP contribution is 2.18. The molecule has 0 spiro atoms. The Kier molecular flexibility index (Phi) is 5.48. The number of ether oxygens (including phenoxy) is 1. The number of carbonyl (C=O) groups excluding carboxylic acids is 1. The first-order valence-corrected chi connectivity index (χ1v) is 5.04. The van der Waals surface area contributed by atoms with E-state index in [1.807, 2.05) is 25.1 Å². The van der Waals surface area contributed by atoms with Crippen LogP contribution in [0.25, 0.3) is 0 Å². The van der Waals surface area contributed by atoms with Crippen LogP contribution in [0.5, 0.6) is 0 Å². The summed E-state index contributed by atoms with van der Waals surface area (Å²) in [6.45, 7) is 2.22. The van der Waals surface area contributed by atoms with E-state index in [0.29, 0.717) is 16.7 Å². The van der Waals surface area contributed by atoms with E-state index in [1.165, 1.54) is 0 Å². The SMILES string of the molecule is CCOC(=O)c1cccc([N+](C)(C)C)c1.[Cl-]. The first-order valence-electron chi connectivity index (χ1n) is 5.04. The van der Waals surface area contributed by atoms with Gasteiger partial charge in [-0.1, -0.05) is 6.07 Å². The number of benzene rings is 1. The van der Waals surface area contributed by atoms with Crippen LogP contribution in [0.4, 0.5) is 5.69 Å². The molecule has 0 aliphatic rings. The molecule has 90 valence electrons. The summed E-state index contributed by atoms with van der Waals surface area (Å²) in [5.74, 6) is -0.257. The average molecular weight is 244 g/mol. The second-order valence-electron chi connectivity index (χ2n) is 4.28. The van der Waals surface area contributed by atoms with Crippen molar-refractivity contribution in [1.29, 1.82) is 0 Å². The van der Waals surface area contributed by atoms with Crippen LogP contribution < -0.4 is 16.9 Å². The fraction of sp³-hybridized carbons (Fsp3) is 0.417. The van der Waals surface area contributed by atoms with Crippen molar-refractivity contribution >= 4 is 11.7 Å². The minimum Gasteiger partial charge on any atom is -1.00 e. The Labute approximate surface area is 103 Å². The van der Waals surface area contributed by atoms with Crippen LogP contribution in [0.2, 0.25) is 0 Å². The summed E-state index contributed by atoms with van der Waals surface area (Å²) in [4.78, 5) is 11.5. The normalized spacial score (nSPS) is 10.5. The van der Waals surface area contributed by atoms with E-state index in [1.54, 1.807) is 6.07 Å². The lowest BCUT2D eigenvalue weighted by Crippen LogP contribution is -3.00. The van der Waals surface area contributed by atoms with Gasteiger partial charge in [-0.3, -0.25) is 4.48 Å². The molecule has 1 aromatic rings. The smallest absolute Gasteiger partial charge is 0.338 e. The number of halogens is 1. The molecule has 0 radical (unpaired) electrons. The molecule has 1 aromatic carbocycles. The van der Waals surface area contributed by atoms with Crippen molar-refractivity contribution in [3.05, 3.63) is 29.8 Å². The second kappa shape index (κ2) is 5.87. The van der Waals surface area contributed by atoms with Gasteiger partial charge in [0, 0.05) is 6.07 Å². The number of hydrogen-bond donors (Lipinski definition) is 0. The van der Waals surface area contributed by atoms with Gasteiger partial charge in [0.25, 0.3) is 0 Å². The Hall–Kier alpha value is -1.06. The van der Waals surface area contributed by atoms with Crippen LogP contribution in [0.1, 0.15) is 17.3 Å². The molecule has 4 heteroatoms. The number of rotatable bonds is 3. The molecule has 0 heterocycles. The highest BCUT2D eigenvalue weighted by molar-refractivity contribution is 5.90. The van der Waals surface area contributed by atoms with Gasteiger partial charge in [-0.2, -0.15) is 0 Å². The van der Waals surface area contributed by atoms with E-state index < -0.39 is 0 Å². The van der Waals surface area contributed by atoms with Crippen molar-refractivity contribution in [2.45, 2.75) is 6.92 Å². The van der Waals surface area contributed by atoms with E-state index in [-0.39, 0.29) is 18.4 Å². The average Bonchev–Trinajstić information content (AvgIpc) is 2.17. The van der Waals surface area contributed by atoms with Crippen LogP contribution in [0.15, 0.2) is 24.3 Å². The van der Waals surface area contributed by atoms with E-state index in [0.717, 1.165) is 5.69 Å². The van der Waals surface area contributed by atoms with Crippen molar-refractivity contribution in [1.82, 2.24) is 4.48 Å². The lowest BCUT2D eigenvalue weighted by atomic mass is 10.2. The second-order valence-corrected chi connectivity index (χ2v) is 4.28. The van der Waals surface area contributed by atoms with Crippen molar-refractivity contribution < 1.29 is 21.9 Å². The first-order chi connectivity index (χ1) is 6.95. The molecule has 0 N–H and O–H groups in total. The maximum absolute atomic E-state index is 11.5. The minimum atomic E-state index is -0.257. The first kappa shape index (κ1) is 14.9. The summed E-state index contributed by atoms with van der Waals surface area (Å²) in [5, 5.41) is 0. The highest BCUT2D eigenvalue weighted by Gasteiger charge is 2.15. The summed E-state index contributed by atoms with van der Waals surface area (Å²) in [7, 11) is 6.18. The molecule has 0 aliphatic heterocycles. The maximum Gasteiger partial charge on any atom is 0.338 e. The molecule has 0 unspecified atom stereocenters. The quantitative estimate of drug-likeness (QED) is 0.506.